The maximum atomic E-state index is 12.7. The molecule has 2 aromatic carbocycles. The van der Waals surface area contributed by atoms with Gasteiger partial charge in [-0.1, -0.05) is 6.07 Å². The number of nitrogens with one attached hydrogen (secondary N) is 2. The van der Waals surface area contributed by atoms with Gasteiger partial charge in [-0.3, -0.25) is 9.52 Å². The van der Waals surface area contributed by atoms with E-state index in [9.17, 15) is 13.2 Å². The summed E-state index contributed by atoms with van der Waals surface area (Å²) in [5.41, 5.74) is 0.587. The number of carbonyl (C=O) groups excluding carboxylic acids is 1. The lowest BCUT2D eigenvalue weighted by molar-refractivity contribution is 0.0948. The molecule has 29 heavy (non-hydrogen) atoms. The lowest BCUT2D eigenvalue weighted by Crippen LogP contribution is -2.22. The van der Waals surface area contributed by atoms with Gasteiger partial charge in [-0.15, -0.1) is 0 Å². The quantitative estimate of drug-likeness (QED) is 0.642. The summed E-state index contributed by atoms with van der Waals surface area (Å²) in [7, 11) is -3.87. The second kappa shape index (κ2) is 7.88. The van der Waals surface area contributed by atoms with E-state index in [2.05, 4.69) is 10.0 Å². The Balaban J connectivity index is 1.48. The Kier molecular flexibility index (Phi) is 5.13. The lowest BCUT2D eigenvalue weighted by Gasteiger charge is -2.19. The SMILES string of the molecule is O=C(NCc1ccco1)c1cccc(NS(=O)(=O)c2ccc3c(c2)OCCO3)c1. The first kappa shape index (κ1) is 18.9. The van der Waals surface area contributed by atoms with Crippen LogP contribution in [0.1, 0.15) is 16.1 Å². The molecule has 0 fully saturated rings. The summed E-state index contributed by atoms with van der Waals surface area (Å²) in [6.45, 7) is 1.02. The van der Waals surface area contributed by atoms with Gasteiger partial charge in [-0.05, 0) is 42.5 Å². The predicted molar refractivity (Wildman–Crippen MR) is 105 cm³/mol. The van der Waals surface area contributed by atoms with E-state index in [1.165, 1.54) is 24.5 Å². The minimum absolute atomic E-state index is 0.0365. The van der Waals surface area contributed by atoms with Gasteiger partial charge >= 0.3 is 0 Å². The maximum Gasteiger partial charge on any atom is 0.262 e. The molecule has 4 rings (SSSR count). The van der Waals surface area contributed by atoms with Gasteiger partial charge in [0.05, 0.1) is 17.7 Å². The summed E-state index contributed by atoms with van der Waals surface area (Å²) in [6.07, 6.45) is 1.52. The monoisotopic (exact) mass is 414 g/mol. The van der Waals surface area contributed by atoms with Gasteiger partial charge in [0.25, 0.3) is 15.9 Å². The molecule has 0 radical (unpaired) electrons. The van der Waals surface area contributed by atoms with E-state index in [4.69, 9.17) is 13.9 Å². The molecule has 0 bridgehead atoms. The predicted octanol–water partition coefficient (Wildman–Crippen LogP) is 2.78. The Bertz CT molecular complexity index is 1130. The second-order valence-electron chi connectivity index (χ2n) is 6.25. The Hall–Kier alpha value is -3.46. The van der Waals surface area contributed by atoms with Gasteiger partial charge in [0.2, 0.25) is 0 Å². The number of ether oxygens (including phenoxy) is 2. The van der Waals surface area contributed by atoms with Crippen LogP contribution in [0.4, 0.5) is 5.69 Å². The van der Waals surface area contributed by atoms with Crippen molar-refractivity contribution in [3.05, 3.63) is 72.2 Å². The average molecular weight is 414 g/mol. The molecule has 0 saturated carbocycles. The molecular formula is C20H18N2O6S. The Labute approximate surface area is 167 Å². The first-order valence-corrected chi connectivity index (χ1v) is 10.3. The van der Waals surface area contributed by atoms with Crippen LogP contribution in [0.5, 0.6) is 11.5 Å². The van der Waals surface area contributed by atoms with E-state index < -0.39 is 10.0 Å². The van der Waals surface area contributed by atoms with Crippen molar-refractivity contribution in [3.63, 3.8) is 0 Å². The zero-order valence-electron chi connectivity index (χ0n) is 15.3. The molecule has 9 heteroatoms. The van der Waals surface area contributed by atoms with E-state index in [1.807, 2.05) is 0 Å². The molecular weight excluding hydrogens is 396 g/mol. The summed E-state index contributed by atoms with van der Waals surface area (Å²) in [5, 5.41) is 2.72. The van der Waals surface area contributed by atoms with Crippen molar-refractivity contribution >= 4 is 21.6 Å². The van der Waals surface area contributed by atoms with E-state index in [0.717, 1.165) is 0 Å². The topological polar surface area (TPSA) is 107 Å². The third kappa shape index (κ3) is 4.35. The van der Waals surface area contributed by atoms with E-state index >= 15 is 0 Å². The minimum atomic E-state index is -3.87. The maximum absolute atomic E-state index is 12.7. The van der Waals surface area contributed by atoms with Gasteiger partial charge in [0, 0.05) is 17.3 Å². The standard InChI is InChI=1S/C20H18N2O6S/c23-20(21-13-16-5-2-8-26-16)14-3-1-4-15(11-14)22-29(24,25)17-6-7-18-19(12-17)28-10-9-27-18/h1-8,11-12,22H,9-10,13H2,(H,21,23). The molecule has 150 valence electrons. The fourth-order valence-corrected chi connectivity index (χ4v) is 3.88. The molecule has 1 amide bonds. The van der Waals surface area contributed by atoms with Crippen LogP contribution in [0.3, 0.4) is 0 Å². The molecule has 3 aromatic rings. The zero-order valence-corrected chi connectivity index (χ0v) is 16.1. The van der Waals surface area contributed by atoms with Crippen LogP contribution < -0.4 is 19.5 Å². The van der Waals surface area contributed by atoms with Crippen molar-refractivity contribution in [3.8, 4) is 11.5 Å². The van der Waals surface area contributed by atoms with E-state index in [0.29, 0.717) is 36.0 Å². The van der Waals surface area contributed by atoms with Gasteiger partial charge in [-0.2, -0.15) is 0 Å². The first-order chi connectivity index (χ1) is 14.0. The number of benzene rings is 2. The van der Waals surface area contributed by atoms with Crippen LogP contribution in [0, 0.1) is 0 Å². The highest BCUT2D eigenvalue weighted by Crippen LogP contribution is 2.32. The van der Waals surface area contributed by atoms with E-state index in [1.54, 1.807) is 36.4 Å². The van der Waals surface area contributed by atoms with Gasteiger partial charge < -0.3 is 19.2 Å². The van der Waals surface area contributed by atoms with Crippen LogP contribution in [-0.4, -0.2) is 27.5 Å². The molecule has 1 aliphatic heterocycles. The van der Waals surface area contributed by atoms with Crippen LogP contribution in [0.25, 0.3) is 0 Å². The minimum Gasteiger partial charge on any atom is -0.486 e. The lowest BCUT2D eigenvalue weighted by atomic mass is 10.2. The van der Waals surface area contributed by atoms with Crippen molar-refractivity contribution in [2.24, 2.45) is 0 Å². The fourth-order valence-electron chi connectivity index (χ4n) is 2.81. The first-order valence-electron chi connectivity index (χ1n) is 8.84. The summed E-state index contributed by atoms with van der Waals surface area (Å²) in [6, 6.07) is 14.1. The largest absolute Gasteiger partial charge is 0.486 e. The number of anilines is 1. The summed E-state index contributed by atoms with van der Waals surface area (Å²) < 4.78 is 44.0. The highest BCUT2D eigenvalue weighted by Gasteiger charge is 2.20. The zero-order chi connectivity index (χ0) is 20.3. The normalized spacial score (nSPS) is 13.0. The summed E-state index contributed by atoms with van der Waals surface area (Å²) >= 11 is 0. The van der Waals surface area contributed by atoms with Crippen molar-refractivity contribution in [2.75, 3.05) is 17.9 Å². The number of sulfonamides is 1. The van der Waals surface area contributed by atoms with Crippen LogP contribution in [0.15, 0.2) is 70.2 Å². The summed E-state index contributed by atoms with van der Waals surface area (Å²) in [4.78, 5) is 12.4. The number of carbonyl (C=O) groups is 1. The second-order valence-corrected chi connectivity index (χ2v) is 7.94. The van der Waals surface area contributed by atoms with E-state index in [-0.39, 0.29) is 23.0 Å². The van der Waals surface area contributed by atoms with Crippen LogP contribution >= 0.6 is 0 Å². The third-order valence-electron chi connectivity index (χ3n) is 4.20. The number of fused-ring (bicyclic) bond motifs is 1. The van der Waals surface area contributed by atoms with Crippen molar-refractivity contribution < 1.29 is 27.1 Å². The van der Waals surface area contributed by atoms with Crippen LogP contribution in [-0.2, 0) is 16.6 Å². The fraction of sp³-hybridized carbons (Fsp3) is 0.150. The molecule has 0 saturated heterocycles. The molecule has 1 aromatic heterocycles. The Morgan fingerprint density at radius 2 is 1.79 bits per heavy atom. The number of hydrogen-bond donors (Lipinski definition) is 2. The van der Waals surface area contributed by atoms with Crippen LogP contribution in [0.2, 0.25) is 0 Å². The Morgan fingerprint density at radius 3 is 2.59 bits per heavy atom. The molecule has 2 N–H and O–H groups in total. The Morgan fingerprint density at radius 1 is 0.966 bits per heavy atom. The number of rotatable bonds is 6. The average Bonchev–Trinajstić information content (AvgIpc) is 3.25. The smallest absolute Gasteiger partial charge is 0.262 e. The molecule has 0 spiro atoms. The summed E-state index contributed by atoms with van der Waals surface area (Å²) in [5.74, 6) is 1.16. The highest BCUT2D eigenvalue weighted by atomic mass is 32.2. The highest BCUT2D eigenvalue weighted by molar-refractivity contribution is 7.92. The van der Waals surface area contributed by atoms with Crippen molar-refractivity contribution in [2.45, 2.75) is 11.4 Å². The van der Waals surface area contributed by atoms with Gasteiger partial charge in [-0.25, -0.2) is 8.42 Å². The molecule has 0 unspecified atom stereocenters. The van der Waals surface area contributed by atoms with Crippen molar-refractivity contribution in [1.82, 2.24) is 5.32 Å². The molecule has 1 aliphatic rings. The molecule has 2 heterocycles. The number of furan rings is 1. The third-order valence-corrected chi connectivity index (χ3v) is 5.58. The molecule has 0 atom stereocenters. The van der Waals surface area contributed by atoms with Gasteiger partial charge in [0.15, 0.2) is 11.5 Å². The number of hydrogen-bond acceptors (Lipinski definition) is 6. The van der Waals surface area contributed by atoms with Gasteiger partial charge in [0.1, 0.15) is 19.0 Å². The van der Waals surface area contributed by atoms with Crippen molar-refractivity contribution in [1.29, 1.82) is 0 Å². The molecule has 0 aliphatic carbocycles. The number of amides is 1. The molecule has 8 nitrogen and oxygen atoms in total.